The second-order valence-electron chi connectivity index (χ2n) is 6.77. The van der Waals surface area contributed by atoms with E-state index in [1.807, 2.05) is 37.3 Å². The quantitative estimate of drug-likeness (QED) is 0.727. The second-order valence-corrected chi connectivity index (χ2v) is 8.63. The zero-order valence-corrected chi connectivity index (χ0v) is 16.8. The number of benzene rings is 2. The maximum absolute atomic E-state index is 13.6. The molecule has 0 fully saturated rings. The predicted molar refractivity (Wildman–Crippen MR) is 106 cm³/mol. The number of nitrogens with zero attached hydrogens (tertiary/aromatic N) is 1. The van der Waals surface area contributed by atoms with E-state index >= 15 is 0 Å². The van der Waals surface area contributed by atoms with Crippen molar-refractivity contribution in [2.45, 2.75) is 38.8 Å². The van der Waals surface area contributed by atoms with Crippen LogP contribution in [0.2, 0.25) is 0 Å². The standard InChI is InChI=1S/C20H24F2N2O3S/c1-14(9-10-16-7-5-4-6-8-16)23-20(25)15(2)24(28(3,26)27)17-11-12-18(21)19(22)13-17/h4-8,11-15H,9-10H2,1-3H3,(H,23,25)/t14-,15+/m1/s1. The lowest BCUT2D eigenvalue weighted by Crippen LogP contribution is -2.50. The number of carbonyl (C=O) groups excluding carboxylic acids is 1. The number of anilines is 1. The maximum atomic E-state index is 13.6. The Morgan fingerprint density at radius 3 is 2.29 bits per heavy atom. The summed E-state index contributed by atoms with van der Waals surface area (Å²) in [5.74, 6) is -2.80. The van der Waals surface area contributed by atoms with Crippen molar-refractivity contribution in [1.82, 2.24) is 5.32 Å². The van der Waals surface area contributed by atoms with Crippen molar-refractivity contribution in [3.8, 4) is 0 Å². The van der Waals surface area contributed by atoms with Crippen LogP contribution in [0.25, 0.3) is 0 Å². The third-order valence-corrected chi connectivity index (χ3v) is 5.59. The topological polar surface area (TPSA) is 66.5 Å². The van der Waals surface area contributed by atoms with Crippen LogP contribution in [0.4, 0.5) is 14.5 Å². The fraction of sp³-hybridized carbons (Fsp3) is 0.350. The zero-order valence-electron chi connectivity index (χ0n) is 16.0. The number of aryl methyl sites for hydroxylation is 1. The highest BCUT2D eigenvalue weighted by atomic mass is 32.2. The van der Waals surface area contributed by atoms with Crippen LogP contribution < -0.4 is 9.62 Å². The lowest BCUT2D eigenvalue weighted by atomic mass is 10.1. The van der Waals surface area contributed by atoms with Crippen molar-refractivity contribution >= 4 is 21.6 Å². The Labute approximate surface area is 164 Å². The fourth-order valence-electron chi connectivity index (χ4n) is 2.89. The molecule has 1 N–H and O–H groups in total. The molecule has 0 radical (unpaired) electrons. The Morgan fingerprint density at radius 1 is 1.07 bits per heavy atom. The van der Waals surface area contributed by atoms with Crippen LogP contribution in [-0.2, 0) is 21.2 Å². The van der Waals surface area contributed by atoms with Gasteiger partial charge in [0.25, 0.3) is 0 Å². The summed E-state index contributed by atoms with van der Waals surface area (Å²) >= 11 is 0. The van der Waals surface area contributed by atoms with Crippen molar-refractivity contribution in [2.24, 2.45) is 0 Å². The molecule has 0 aromatic heterocycles. The highest BCUT2D eigenvalue weighted by molar-refractivity contribution is 7.92. The van der Waals surface area contributed by atoms with Crippen LogP contribution in [-0.4, -0.2) is 32.7 Å². The molecule has 0 aliphatic heterocycles. The SMILES string of the molecule is C[C@H](CCc1ccccc1)NC(=O)[C@H](C)N(c1ccc(F)c(F)c1)S(C)(=O)=O. The molecule has 8 heteroatoms. The van der Waals surface area contributed by atoms with E-state index in [0.717, 1.165) is 40.7 Å². The molecule has 0 spiro atoms. The average molecular weight is 410 g/mol. The van der Waals surface area contributed by atoms with Crippen LogP contribution in [0.1, 0.15) is 25.8 Å². The van der Waals surface area contributed by atoms with Crippen LogP contribution in [0, 0.1) is 11.6 Å². The third kappa shape index (κ3) is 5.76. The Balaban J connectivity index is 2.09. The second kappa shape index (κ2) is 9.14. The molecule has 5 nitrogen and oxygen atoms in total. The molecule has 0 saturated heterocycles. The van der Waals surface area contributed by atoms with Crippen molar-refractivity contribution in [1.29, 1.82) is 0 Å². The lowest BCUT2D eigenvalue weighted by molar-refractivity contribution is -0.122. The van der Waals surface area contributed by atoms with E-state index in [-0.39, 0.29) is 11.7 Å². The van der Waals surface area contributed by atoms with E-state index in [2.05, 4.69) is 5.32 Å². The van der Waals surface area contributed by atoms with Gasteiger partial charge in [-0.15, -0.1) is 0 Å². The molecule has 0 aliphatic carbocycles. The number of hydrogen-bond donors (Lipinski definition) is 1. The maximum Gasteiger partial charge on any atom is 0.243 e. The van der Waals surface area contributed by atoms with E-state index in [0.29, 0.717) is 6.42 Å². The monoisotopic (exact) mass is 410 g/mol. The molecule has 2 atom stereocenters. The normalized spacial score (nSPS) is 13.6. The molecule has 2 aromatic carbocycles. The van der Waals surface area contributed by atoms with Gasteiger partial charge in [0.1, 0.15) is 6.04 Å². The number of sulfonamides is 1. The Morgan fingerprint density at radius 2 is 1.71 bits per heavy atom. The number of rotatable bonds is 8. The molecule has 2 rings (SSSR count). The van der Waals surface area contributed by atoms with Gasteiger partial charge in [-0.1, -0.05) is 30.3 Å². The third-order valence-electron chi connectivity index (χ3n) is 4.34. The predicted octanol–water partition coefficient (Wildman–Crippen LogP) is 3.26. The minimum atomic E-state index is -3.90. The van der Waals surface area contributed by atoms with Gasteiger partial charge < -0.3 is 5.32 Å². The number of carbonyl (C=O) groups is 1. The van der Waals surface area contributed by atoms with Crippen molar-refractivity contribution in [3.63, 3.8) is 0 Å². The Kier molecular flexibility index (Phi) is 7.12. The van der Waals surface area contributed by atoms with Gasteiger partial charge in [-0.3, -0.25) is 9.10 Å². The fourth-order valence-corrected chi connectivity index (χ4v) is 4.06. The van der Waals surface area contributed by atoms with Crippen molar-refractivity contribution < 1.29 is 22.0 Å². The first kappa shape index (κ1) is 21.8. The van der Waals surface area contributed by atoms with Gasteiger partial charge in [0.15, 0.2) is 11.6 Å². The van der Waals surface area contributed by atoms with E-state index in [4.69, 9.17) is 0 Å². The smallest absolute Gasteiger partial charge is 0.243 e. The molecule has 0 saturated carbocycles. The first-order valence-corrected chi connectivity index (χ1v) is 10.7. The summed E-state index contributed by atoms with van der Waals surface area (Å²) in [5, 5.41) is 2.79. The molecule has 152 valence electrons. The van der Waals surface area contributed by atoms with Gasteiger partial charge in [0.05, 0.1) is 11.9 Å². The van der Waals surface area contributed by atoms with Crippen LogP contribution >= 0.6 is 0 Å². The summed E-state index contributed by atoms with van der Waals surface area (Å²) in [6, 6.07) is 11.2. The highest BCUT2D eigenvalue weighted by Gasteiger charge is 2.30. The summed E-state index contributed by atoms with van der Waals surface area (Å²) in [6.45, 7) is 3.23. The molecule has 0 unspecified atom stereocenters. The van der Waals surface area contributed by atoms with Gasteiger partial charge in [-0.05, 0) is 44.4 Å². The van der Waals surface area contributed by atoms with Crippen LogP contribution in [0.5, 0.6) is 0 Å². The van der Waals surface area contributed by atoms with E-state index in [1.165, 1.54) is 6.92 Å². The lowest BCUT2D eigenvalue weighted by Gasteiger charge is -2.29. The van der Waals surface area contributed by atoms with E-state index in [1.54, 1.807) is 0 Å². The molecular weight excluding hydrogens is 386 g/mol. The summed E-state index contributed by atoms with van der Waals surface area (Å²) < 4.78 is 51.9. The van der Waals surface area contributed by atoms with E-state index < -0.39 is 33.6 Å². The van der Waals surface area contributed by atoms with Gasteiger partial charge in [-0.2, -0.15) is 0 Å². The number of halogens is 2. The minimum absolute atomic E-state index is 0.110. The van der Waals surface area contributed by atoms with Crippen molar-refractivity contribution in [2.75, 3.05) is 10.6 Å². The molecule has 0 aliphatic rings. The first-order valence-electron chi connectivity index (χ1n) is 8.88. The molecule has 28 heavy (non-hydrogen) atoms. The number of amides is 1. The van der Waals surface area contributed by atoms with E-state index in [9.17, 15) is 22.0 Å². The number of hydrogen-bond acceptors (Lipinski definition) is 3. The summed E-state index contributed by atoms with van der Waals surface area (Å²) in [7, 11) is -3.90. The number of nitrogens with one attached hydrogen (secondary N) is 1. The summed E-state index contributed by atoms with van der Waals surface area (Å²) in [6.07, 6.45) is 2.35. The largest absolute Gasteiger partial charge is 0.352 e. The van der Waals surface area contributed by atoms with Gasteiger partial charge in [0, 0.05) is 12.1 Å². The molecule has 2 aromatic rings. The van der Waals surface area contributed by atoms with Crippen LogP contribution in [0.15, 0.2) is 48.5 Å². The zero-order chi connectivity index (χ0) is 20.9. The molecule has 0 bridgehead atoms. The van der Waals surface area contributed by atoms with Gasteiger partial charge in [-0.25, -0.2) is 17.2 Å². The van der Waals surface area contributed by atoms with Crippen molar-refractivity contribution in [3.05, 3.63) is 65.7 Å². The Bertz CT molecular complexity index is 920. The molecular formula is C20H24F2N2O3S. The van der Waals surface area contributed by atoms with Crippen LogP contribution in [0.3, 0.4) is 0 Å². The minimum Gasteiger partial charge on any atom is -0.352 e. The summed E-state index contributed by atoms with van der Waals surface area (Å²) in [5.41, 5.74) is 1.03. The van der Waals surface area contributed by atoms with Gasteiger partial charge >= 0.3 is 0 Å². The van der Waals surface area contributed by atoms with Gasteiger partial charge in [0.2, 0.25) is 15.9 Å². The first-order chi connectivity index (χ1) is 13.1. The molecule has 1 amide bonds. The molecule has 0 heterocycles. The average Bonchev–Trinajstić information content (AvgIpc) is 2.62. The highest BCUT2D eigenvalue weighted by Crippen LogP contribution is 2.23. The Hall–Kier alpha value is -2.48. The summed E-state index contributed by atoms with van der Waals surface area (Å²) in [4.78, 5) is 12.6.